The monoisotopic (exact) mass is 412 g/mol. The lowest BCUT2D eigenvalue weighted by Gasteiger charge is -2.19. The number of anilines is 2. The number of nitrogens with zero attached hydrogens (tertiary/aromatic N) is 1. The van der Waals surface area contributed by atoms with Crippen LogP contribution in [0, 0.1) is 5.92 Å². The van der Waals surface area contributed by atoms with Gasteiger partial charge < -0.3 is 15.7 Å². The molecule has 1 aliphatic rings. The molecular weight excluding hydrogens is 388 g/mol. The smallest absolute Gasteiger partial charge is 0.335 e. The van der Waals surface area contributed by atoms with Gasteiger partial charge in [0.25, 0.3) is 5.91 Å². The molecule has 1 heterocycles. The number of carboxylic acids is 1. The summed E-state index contributed by atoms with van der Waals surface area (Å²) in [5.74, 6) is -0.950. The molecular formula is C26H24N2O3. The quantitative estimate of drug-likeness (QED) is 0.452. The minimum Gasteiger partial charge on any atom is -0.478 e. The van der Waals surface area contributed by atoms with Gasteiger partial charge in [-0.25, -0.2) is 4.79 Å². The van der Waals surface area contributed by atoms with Crippen LogP contribution in [0.15, 0.2) is 72.8 Å². The van der Waals surface area contributed by atoms with Gasteiger partial charge >= 0.3 is 5.97 Å². The van der Waals surface area contributed by atoms with Crippen molar-refractivity contribution in [2.75, 3.05) is 10.6 Å². The highest BCUT2D eigenvalue weighted by atomic mass is 16.4. The van der Waals surface area contributed by atoms with Crippen LogP contribution in [0.5, 0.6) is 0 Å². The van der Waals surface area contributed by atoms with Crippen LogP contribution in [0.3, 0.4) is 0 Å². The molecule has 3 N–H and O–H groups in total. The number of rotatable bonds is 5. The number of fused-ring (bicyclic) bond motifs is 1. The van der Waals surface area contributed by atoms with Crippen LogP contribution in [0.2, 0.25) is 0 Å². The van der Waals surface area contributed by atoms with Crippen LogP contribution in [-0.4, -0.2) is 17.0 Å². The number of nitrogens with two attached hydrogens (primary N) is 1. The lowest BCUT2D eigenvalue weighted by molar-refractivity contribution is -0.113. The number of hydrogen-bond donors (Lipinski definition) is 2. The third-order valence-corrected chi connectivity index (χ3v) is 5.51. The number of amides is 1. The summed E-state index contributed by atoms with van der Waals surface area (Å²) in [6, 6.07) is 22.0. The fourth-order valence-electron chi connectivity index (χ4n) is 4.11. The predicted octanol–water partition coefficient (Wildman–Crippen LogP) is 5.08. The van der Waals surface area contributed by atoms with Crippen LogP contribution in [0.4, 0.5) is 11.4 Å². The van der Waals surface area contributed by atoms with Gasteiger partial charge in [0.05, 0.1) is 23.4 Å². The molecule has 0 radical (unpaired) electrons. The zero-order valence-electron chi connectivity index (χ0n) is 17.5. The Morgan fingerprint density at radius 2 is 1.68 bits per heavy atom. The second-order valence-electron chi connectivity index (χ2n) is 7.98. The van der Waals surface area contributed by atoms with Crippen molar-refractivity contribution in [1.29, 1.82) is 0 Å². The van der Waals surface area contributed by atoms with Crippen molar-refractivity contribution in [2.24, 2.45) is 5.92 Å². The first-order valence-electron chi connectivity index (χ1n) is 10.2. The number of allylic oxidation sites excluding steroid dienone is 1. The molecule has 0 unspecified atom stereocenters. The average molecular weight is 412 g/mol. The first kappa shape index (κ1) is 20.4. The molecule has 1 amide bonds. The van der Waals surface area contributed by atoms with Gasteiger partial charge in [-0.1, -0.05) is 56.3 Å². The van der Waals surface area contributed by atoms with Gasteiger partial charge in [-0.15, -0.1) is 0 Å². The molecule has 1 aliphatic heterocycles. The van der Waals surface area contributed by atoms with E-state index in [1.165, 1.54) is 0 Å². The highest BCUT2D eigenvalue weighted by molar-refractivity contribution is 6.37. The normalized spacial score (nSPS) is 14.7. The van der Waals surface area contributed by atoms with E-state index in [1.807, 2.05) is 54.6 Å². The van der Waals surface area contributed by atoms with Crippen molar-refractivity contribution in [3.05, 3.63) is 95.1 Å². The van der Waals surface area contributed by atoms with Gasteiger partial charge in [0, 0.05) is 11.3 Å². The first-order valence-corrected chi connectivity index (χ1v) is 10.2. The summed E-state index contributed by atoms with van der Waals surface area (Å²) < 4.78 is 0. The van der Waals surface area contributed by atoms with E-state index in [0.717, 1.165) is 28.0 Å². The van der Waals surface area contributed by atoms with E-state index in [-0.39, 0.29) is 17.4 Å². The third kappa shape index (κ3) is 3.82. The van der Waals surface area contributed by atoms with Crippen molar-refractivity contribution >= 4 is 34.4 Å². The average Bonchev–Trinajstić information content (AvgIpc) is 3.02. The summed E-state index contributed by atoms with van der Waals surface area (Å²) in [7, 11) is 0. The predicted molar refractivity (Wildman–Crippen MR) is 124 cm³/mol. The highest BCUT2D eigenvalue weighted by Crippen LogP contribution is 2.43. The number of para-hydroxylation sites is 1. The zero-order chi connectivity index (χ0) is 22.1. The largest absolute Gasteiger partial charge is 0.478 e. The Bertz CT molecular complexity index is 1190. The Hall–Kier alpha value is -3.86. The minimum absolute atomic E-state index is 0.0811. The summed E-state index contributed by atoms with van der Waals surface area (Å²) >= 11 is 0. The molecule has 0 fully saturated rings. The molecule has 31 heavy (non-hydrogen) atoms. The number of aromatic carboxylic acids is 1. The Labute approximate surface area is 181 Å². The number of carboxylic acid groups (broad SMARTS) is 1. The van der Waals surface area contributed by atoms with E-state index in [1.54, 1.807) is 23.1 Å². The molecule has 0 aliphatic carbocycles. The van der Waals surface area contributed by atoms with Gasteiger partial charge in [0.2, 0.25) is 0 Å². The van der Waals surface area contributed by atoms with Crippen molar-refractivity contribution in [2.45, 2.75) is 20.4 Å². The summed E-state index contributed by atoms with van der Waals surface area (Å²) in [6.45, 7) is 4.45. The topological polar surface area (TPSA) is 83.6 Å². The number of hydrogen-bond acceptors (Lipinski definition) is 3. The number of nitrogen functional groups attached to an aromatic ring is 1. The highest BCUT2D eigenvalue weighted by Gasteiger charge is 2.35. The maximum atomic E-state index is 13.7. The van der Waals surface area contributed by atoms with E-state index in [4.69, 9.17) is 5.73 Å². The Morgan fingerprint density at radius 1 is 0.968 bits per heavy atom. The molecule has 0 saturated heterocycles. The summed E-state index contributed by atoms with van der Waals surface area (Å²) in [6.07, 6.45) is 0. The molecule has 0 bridgehead atoms. The molecule has 0 spiro atoms. The van der Waals surface area contributed by atoms with E-state index < -0.39 is 5.97 Å². The second kappa shape index (κ2) is 8.11. The fourth-order valence-corrected chi connectivity index (χ4v) is 4.11. The van der Waals surface area contributed by atoms with Crippen molar-refractivity contribution < 1.29 is 14.7 Å². The standard InChI is InChI=1S/C26H24N2O3/c1-16(2)23(18-10-12-20(27)13-11-18)24-21-8-3-4-9-22(21)28(25(24)29)15-17-6-5-7-19(14-17)26(30)31/h3-14,16H,15,27H2,1-2H3,(H,30,31)/b24-23+. The van der Waals surface area contributed by atoms with Gasteiger partial charge in [-0.2, -0.15) is 0 Å². The lowest BCUT2D eigenvalue weighted by Crippen LogP contribution is -2.26. The number of carbonyl (C=O) groups excluding carboxylic acids is 1. The van der Waals surface area contributed by atoms with Crippen LogP contribution in [0.1, 0.15) is 40.9 Å². The summed E-state index contributed by atoms with van der Waals surface area (Å²) in [5.41, 5.74) is 11.9. The molecule has 0 atom stereocenters. The summed E-state index contributed by atoms with van der Waals surface area (Å²) in [4.78, 5) is 26.8. The van der Waals surface area contributed by atoms with Crippen molar-refractivity contribution in [3.63, 3.8) is 0 Å². The molecule has 4 rings (SSSR count). The molecule has 3 aromatic carbocycles. The van der Waals surface area contributed by atoms with Crippen molar-refractivity contribution in [1.82, 2.24) is 0 Å². The molecule has 0 aromatic heterocycles. The zero-order valence-corrected chi connectivity index (χ0v) is 17.5. The van der Waals surface area contributed by atoms with E-state index in [9.17, 15) is 14.7 Å². The minimum atomic E-state index is -0.985. The number of carbonyl (C=O) groups is 2. The van der Waals surface area contributed by atoms with E-state index >= 15 is 0 Å². The third-order valence-electron chi connectivity index (χ3n) is 5.51. The Balaban J connectivity index is 1.84. The number of benzene rings is 3. The molecule has 0 saturated carbocycles. The lowest BCUT2D eigenvalue weighted by atomic mass is 9.88. The van der Waals surface area contributed by atoms with E-state index in [2.05, 4.69) is 13.8 Å². The van der Waals surface area contributed by atoms with Crippen LogP contribution in [-0.2, 0) is 11.3 Å². The Morgan fingerprint density at radius 3 is 2.35 bits per heavy atom. The fraction of sp³-hybridized carbons (Fsp3) is 0.154. The van der Waals surface area contributed by atoms with Gasteiger partial charge in [0.15, 0.2) is 0 Å². The maximum Gasteiger partial charge on any atom is 0.335 e. The molecule has 5 heteroatoms. The van der Waals surface area contributed by atoms with Gasteiger partial charge in [0.1, 0.15) is 0 Å². The van der Waals surface area contributed by atoms with Crippen LogP contribution < -0.4 is 10.6 Å². The molecule has 3 aromatic rings. The van der Waals surface area contributed by atoms with Crippen molar-refractivity contribution in [3.8, 4) is 0 Å². The van der Waals surface area contributed by atoms with Gasteiger partial charge in [-0.05, 0) is 52.9 Å². The van der Waals surface area contributed by atoms with Gasteiger partial charge in [-0.3, -0.25) is 4.79 Å². The van der Waals surface area contributed by atoms with Crippen LogP contribution >= 0.6 is 0 Å². The SMILES string of the molecule is CC(C)/C(=C1\C(=O)N(Cc2cccc(C(=O)O)c2)c2ccccc21)c1ccc(N)cc1. The summed E-state index contributed by atoms with van der Waals surface area (Å²) in [5, 5.41) is 9.30. The van der Waals surface area contributed by atoms with E-state index in [0.29, 0.717) is 17.8 Å². The maximum absolute atomic E-state index is 13.7. The molecule has 5 nitrogen and oxygen atoms in total. The first-order chi connectivity index (χ1) is 14.9. The molecule has 156 valence electrons. The Kier molecular flexibility index (Phi) is 5.34. The van der Waals surface area contributed by atoms with Crippen LogP contribution in [0.25, 0.3) is 11.1 Å². The second-order valence-corrected chi connectivity index (χ2v) is 7.98.